The molecule has 130 valence electrons. The van der Waals surface area contributed by atoms with Crippen molar-refractivity contribution in [2.24, 2.45) is 23.7 Å². The van der Waals surface area contributed by atoms with E-state index >= 15 is 0 Å². The van der Waals surface area contributed by atoms with Crippen LogP contribution >= 0.6 is 0 Å². The fourth-order valence-electron chi connectivity index (χ4n) is 6.20. The topological polar surface area (TPSA) is 38.7 Å². The summed E-state index contributed by atoms with van der Waals surface area (Å²) in [5.41, 5.74) is 0.635. The minimum atomic E-state index is -0.470. The Labute approximate surface area is 140 Å². The SMILES string of the molecule is C=C1CC[C@@H](C(C)C)[C@H]2[C@@H]1[C@H]1C[C@]3(C)O[C@@](C)(CC[C@@H]3O)[C@@H]2O1. The summed E-state index contributed by atoms with van der Waals surface area (Å²) in [4.78, 5) is 0. The molecule has 0 aromatic carbocycles. The van der Waals surface area contributed by atoms with E-state index in [9.17, 15) is 5.11 Å². The number of hydrogen-bond acceptors (Lipinski definition) is 3. The van der Waals surface area contributed by atoms with Crippen LogP contribution in [0.15, 0.2) is 12.2 Å². The van der Waals surface area contributed by atoms with Gasteiger partial charge in [-0.25, -0.2) is 0 Å². The van der Waals surface area contributed by atoms with Crippen molar-refractivity contribution in [3.8, 4) is 0 Å². The van der Waals surface area contributed by atoms with Crippen LogP contribution in [0.5, 0.6) is 0 Å². The second-order valence-corrected chi connectivity index (χ2v) is 9.29. The molecule has 0 unspecified atom stereocenters. The van der Waals surface area contributed by atoms with Gasteiger partial charge in [-0.05, 0) is 57.3 Å². The van der Waals surface area contributed by atoms with Gasteiger partial charge in [0.1, 0.15) is 0 Å². The largest absolute Gasteiger partial charge is 0.390 e. The fourth-order valence-corrected chi connectivity index (χ4v) is 6.20. The summed E-state index contributed by atoms with van der Waals surface area (Å²) in [6.45, 7) is 13.4. The smallest absolute Gasteiger partial charge is 0.0945 e. The quantitative estimate of drug-likeness (QED) is 0.749. The lowest BCUT2D eigenvalue weighted by Gasteiger charge is -2.53. The van der Waals surface area contributed by atoms with Crippen LogP contribution in [0.2, 0.25) is 0 Å². The molecule has 0 amide bonds. The second-order valence-electron chi connectivity index (χ2n) is 9.29. The standard InChI is InChI=1S/C20H32O3/c1-11(2)13-7-6-12(3)16-14-10-20(5)15(21)8-9-19(4,23-20)18(22-14)17(13)16/h11,13-18,21H,3,6-10H2,1-2,4-5H3/t13-,14+,15-,16-,17-,18+,19-,20-/m0/s1. The van der Waals surface area contributed by atoms with Crippen LogP contribution in [0.3, 0.4) is 0 Å². The first-order valence-electron chi connectivity index (χ1n) is 9.46. The molecule has 4 fully saturated rings. The van der Waals surface area contributed by atoms with Crippen LogP contribution in [0, 0.1) is 23.7 Å². The average Bonchev–Trinajstić information content (AvgIpc) is 2.79. The normalized spacial score (nSPS) is 55.7. The molecule has 3 nitrogen and oxygen atoms in total. The van der Waals surface area contributed by atoms with Crippen molar-refractivity contribution >= 4 is 0 Å². The van der Waals surface area contributed by atoms with Crippen molar-refractivity contribution in [3.63, 3.8) is 0 Å². The predicted molar refractivity (Wildman–Crippen MR) is 90.1 cm³/mol. The molecule has 1 saturated carbocycles. The lowest BCUT2D eigenvalue weighted by molar-refractivity contribution is -0.245. The Morgan fingerprint density at radius 2 is 1.96 bits per heavy atom. The molecule has 4 bridgehead atoms. The molecule has 0 aromatic rings. The van der Waals surface area contributed by atoms with E-state index in [1.807, 2.05) is 0 Å². The van der Waals surface area contributed by atoms with Crippen LogP contribution in [0.4, 0.5) is 0 Å². The molecule has 0 aromatic heterocycles. The van der Waals surface area contributed by atoms with Gasteiger partial charge in [0.25, 0.3) is 0 Å². The molecule has 0 spiro atoms. The van der Waals surface area contributed by atoms with E-state index in [2.05, 4.69) is 34.3 Å². The lowest BCUT2D eigenvalue weighted by atomic mass is 9.59. The van der Waals surface area contributed by atoms with Gasteiger partial charge in [-0.1, -0.05) is 26.0 Å². The first-order valence-corrected chi connectivity index (χ1v) is 9.46. The summed E-state index contributed by atoms with van der Waals surface area (Å²) in [5.74, 6) is 2.35. The van der Waals surface area contributed by atoms with E-state index in [1.54, 1.807) is 0 Å². The van der Waals surface area contributed by atoms with Gasteiger partial charge in [-0.3, -0.25) is 0 Å². The molecule has 23 heavy (non-hydrogen) atoms. The number of ether oxygens (including phenoxy) is 2. The fraction of sp³-hybridized carbons (Fsp3) is 0.900. The molecule has 4 aliphatic rings. The third-order valence-electron chi connectivity index (χ3n) is 7.40. The molecule has 3 heteroatoms. The molecular formula is C20H32O3. The van der Waals surface area contributed by atoms with Crippen molar-refractivity contribution in [1.29, 1.82) is 0 Å². The first-order chi connectivity index (χ1) is 10.8. The molecule has 1 aliphatic carbocycles. The number of aliphatic hydroxyl groups is 1. The second kappa shape index (κ2) is 5.06. The van der Waals surface area contributed by atoms with Gasteiger partial charge < -0.3 is 14.6 Å². The van der Waals surface area contributed by atoms with E-state index in [4.69, 9.17) is 9.47 Å². The van der Waals surface area contributed by atoms with Crippen molar-refractivity contribution in [3.05, 3.63) is 12.2 Å². The van der Waals surface area contributed by atoms with Gasteiger partial charge in [-0.15, -0.1) is 0 Å². The van der Waals surface area contributed by atoms with E-state index in [0.717, 1.165) is 25.7 Å². The summed E-state index contributed by atoms with van der Waals surface area (Å²) in [5, 5.41) is 10.5. The summed E-state index contributed by atoms with van der Waals surface area (Å²) in [6, 6.07) is 0. The number of aliphatic hydroxyl groups excluding tert-OH is 1. The molecule has 1 N–H and O–H groups in total. The highest BCUT2D eigenvalue weighted by molar-refractivity contribution is 5.20. The zero-order valence-corrected chi connectivity index (χ0v) is 15.0. The highest BCUT2D eigenvalue weighted by Crippen LogP contribution is 2.59. The predicted octanol–water partition coefficient (Wildman–Crippen LogP) is 3.70. The summed E-state index contributed by atoms with van der Waals surface area (Å²) < 4.78 is 13.2. The summed E-state index contributed by atoms with van der Waals surface area (Å²) in [7, 11) is 0. The van der Waals surface area contributed by atoms with Crippen LogP contribution in [-0.2, 0) is 9.47 Å². The first kappa shape index (κ1) is 16.1. The number of rotatable bonds is 1. The van der Waals surface area contributed by atoms with E-state index in [0.29, 0.717) is 23.7 Å². The molecule has 3 heterocycles. The van der Waals surface area contributed by atoms with Gasteiger partial charge in [0.15, 0.2) is 0 Å². The van der Waals surface area contributed by atoms with Gasteiger partial charge >= 0.3 is 0 Å². The highest BCUT2D eigenvalue weighted by atomic mass is 16.6. The molecule has 8 atom stereocenters. The third-order valence-corrected chi connectivity index (χ3v) is 7.40. The van der Waals surface area contributed by atoms with Gasteiger partial charge in [0.2, 0.25) is 0 Å². The van der Waals surface area contributed by atoms with E-state index < -0.39 is 5.60 Å². The Balaban J connectivity index is 1.77. The lowest BCUT2D eigenvalue weighted by Crippen LogP contribution is -2.60. The van der Waals surface area contributed by atoms with Gasteiger partial charge in [0.05, 0.1) is 29.5 Å². The average molecular weight is 320 g/mol. The Bertz CT molecular complexity index is 515. The van der Waals surface area contributed by atoms with Crippen LogP contribution < -0.4 is 0 Å². The van der Waals surface area contributed by atoms with Crippen molar-refractivity contribution in [2.45, 2.75) is 89.3 Å². The third kappa shape index (κ3) is 2.19. The van der Waals surface area contributed by atoms with E-state index in [1.165, 1.54) is 12.0 Å². The maximum atomic E-state index is 10.5. The maximum Gasteiger partial charge on any atom is 0.0945 e. The number of hydrogen-bond donors (Lipinski definition) is 1. The van der Waals surface area contributed by atoms with Crippen molar-refractivity contribution in [2.75, 3.05) is 0 Å². The zero-order valence-electron chi connectivity index (χ0n) is 15.0. The van der Waals surface area contributed by atoms with Gasteiger partial charge in [0, 0.05) is 12.3 Å². The maximum absolute atomic E-state index is 10.5. The van der Waals surface area contributed by atoms with Crippen molar-refractivity contribution in [1.82, 2.24) is 0 Å². The van der Waals surface area contributed by atoms with Crippen LogP contribution in [-0.4, -0.2) is 34.6 Å². The summed E-state index contributed by atoms with van der Waals surface area (Å²) in [6.07, 6.45) is 4.81. The van der Waals surface area contributed by atoms with Crippen molar-refractivity contribution < 1.29 is 14.6 Å². The Kier molecular flexibility index (Phi) is 3.54. The molecular weight excluding hydrogens is 288 g/mol. The molecule has 0 radical (unpaired) electrons. The van der Waals surface area contributed by atoms with Crippen LogP contribution in [0.1, 0.15) is 59.8 Å². The Morgan fingerprint density at radius 1 is 1.22 bits per heavy atom. The molecule has 3 saturated heterocycles. The number of fused-ring (bicyclic) bond motifs is 8. The molecule has 4 rings (SSSR count). The Hall–Kier alpha value is -0.380. The van der Waals surface area contributed by atoms with E-state index in [-0.39, 0.29) is 23.9 Å². The highest BCUT2D eigenvalue weighted by Gasteiger charge is 2.64. The van der Waals surface area contributed by atoms with Crippen LogP contribution in [0.25, 0.3) is 0 Å². The zero-order chi connectivity index (χ0) is 16.6. The summed E-state index contributed by atoms with van der Waals surface area (Å²) >= 11 is 0. The minimum absolute atomic E-state index is 0.149. The Morgan fingerprint density at radius 3 is 2.65 bits per heavy atom. The minimum Gasteiger partial charge on any atom is -0.390 e. The van der Waals surface area contributed by atoms with Gasteiger partial charge in [-0.2, -0.15) is 0 Å². The molecule has 3 aliphatic heterocycles. The monoisotopic (exact) mass is 320 g/mol.